The molecular formula is C11H16N2O2S. The summed E-state index contributed by atoms with van der Waals surface area (Å²) < 4.78 is 0. The normalized spacial score (nSPS) is 11.2. The van der Waals surface area contributed by atoms with E-state index in [9.17, 15) is 9.59 Å². The van der Waals surface area contributed by atoms with Crippen molar-refractivity contribution in [2.45, 2.75) is 26.3 Å². The van der Waals surface area contributed by atoms with Gasteiger partial charge in [0.25, 0.3) is 5.91 Å². The molecule has 0 bridgehead atoms. The van der Waals surface area contributed by atoms with E-state index in [1.807, 2.05) is 13.8 Å². The molecule has 5 heteroatoms. The van der Waals surface area contributed by atoms with Crippen molar-refractivity contribution < 1.29 is 9.59 Å². The third-order valence-electron chi connectivity index (χ3n) is 2.19. The predicted octanol–water partition coefficient (Wildman–Crippen LogP) is 1.42. The number of carbonyl (C=O) groups is 2. The van der Waals surface area contributed by atoms with Gasteiger partial charge in [-0.15, -0.1) is 11.3 Å². The van der Waals surface area contributed by atoms with Crippen molar-refractivity contribution in [1.29, 1.82) is 0 Å². The maximum Gasteiger partial charge on any atom is 0.261 e. The highest BCUT2D eigenvalue weighted by Crippen LogP contribution is 2.16. The quantitative estimate of drug-likeness (QED) is 0.782. The minimum atomic E-state index is -0.433. The summed E-state index contributed by atoms with van der Waals surface area (Å²) in [6.07, 6.45) is 0. The van der Waals surface area contributed by atoms with E-state index in [0.717, 1.165) is 0 Å². The summed E-state index contributed by atoms with van der Waals surface area (Å²) in [7, 11) is 0. The summed E-state index contributed by atoms with van der Waals surface area (Å²) in [4.78, 5) is 23.4. The second kappa shape index (κ2) is 4.76. The molecule has 1 heterocycles. The Bertz CT molecular complexity index is 410. The number of ketones is 1. The molecule has 0 aromatic carbocycles. The molecule has 0 aliphatic carbocycles. The van der Waals surface area contributed by atoms with Gasteiger partial charge >= 0.3 is 0 Å². The Hall–Kier alpha value is -1.20. The van der Waals surface area contributed by atoms with Gasteiger partial charge in [-0.25, -0.2) is 0 Å². The molecule has 3 N–H and O–H groups in total. The van der Waals surface area contributed by atoms with E-state index in [0.29, 0.717) is 17.0 Å². The van der Waals surface area contributed by atoms with E-state index in [2.05, 4.69) is 5.32 Å². The first-order valence-corrected chi connectivity index (χ1v) is 5.86. The average molecular weight is 240 g/mol. The van der Waals surface area contributed by atoms with Gasteiger partial charge in [-0.2, -0.15) is 0 Å². The topological polar surface area (TPSA) is 72.2 Å². The molecule has 1 rings (SSSR count). The van der Waals surface area contributed by atoms with Gasteiger partial charge in [-0.3, -0.25) is 9.59 Å². The van der Waals surface area contributed by atoms with Crippen LogP contribution in [0, 0.1) is 0 Å². The predicted molar refractivity (Wildman–Crippen MR) is 64.9 cm³/mol. The maximum absolute atomic E-state index is 11.8. The molecule has 0 radical (unpaired) electrons. The van der Waals surface area contributed by atoms with Crippen molar-refractivity contribution in [3.05, 3.63) is 21.9 Å². The van der Waals surface area contributed by atoms with Gasteiger partial charge in [0.2, 0.25) is 0 Å². The monoisotopic (exact) mass is 240 g/mol. The van der Waals surface area contributed by atoms with Crippen LogP contribution in [0.2, 0.25) is 0 Å². The first kappa shape index (κ1) is 12.9. The number of carbonyl (C=O) groups excluding carboxylic acids is 2. The van der Waals surface area contributed by atoms with Gasteiger partial charge < -0.3 is 11.1 Å². The molecule has 0 fully saturated rings. The number of hydrogen-bond acceptors (Lipinski definition) is 4. The zero-order valence-electron chi connectivity index (χ0n) is 9.66. The first-order chi connectivity index (χ1) is 7.35. The van der Waals surface area contributed by atoms with Crippen molar-refractivity contribution in [3.63, 3.8) is 0 Å². The molecule has 16 heavy (non-hydrogen) atoms. The fourth-order valence-corrected chi connectivity index (χ4v) is 1.90. The van der Waals surface area contributed by atoms with Crippen LogP contribution >= 0.6 is 11.3 Å². The van der Waals surface area contributed by atoms with Crippen LogP contribution in [0.15, 0.2) is 11.4 Å². The van der Waals surface area contributed by atoms with E-state index in [4.69, 9.17) is 5.73 Å². The third kappa shape index (κ3) is 3.15. The molecule has 1 aromatic rings. The van der Waals surface area contributed by atoms with Crippen molar-refractivity contribution in [1.82, 2.24) is 5.32 Å². The zero-order valence-corrected chi connectivity index (χ0v) is 10.5. The van der Waals surface area contributed by atoms with Crippen LogP contribution in [-0.4, -0.2) is 23.8 Å². The summed E-state index contributed by atoms with van der Waals surface area (Å²) in [5, 5.41) is 4.50. The molecule has 0 saturated heterocycles. The number of thiophene rings is 1. The largest absolute Gasteiger partial charge is 0.345 e. The fraction of sp³-hybridized carbons (Fsp3) is 0.455. The van der Waals surface area contributed by atoms with Crippen LogP contribution in [0.4, 0.5) is 0 Å². The molecule has 0 atom stereocenters. The highest BCUT2D eigenvalue weighted by molar-refractivity contribution is 7.12. The Labute approximate surface area is 98.8 Å². The maximum atomic E-state index is 11.8. The molecule has 4 nitrogen and oxygen atoms in total. The lowest BCUT2D eigenvalue weighted by Crippen LogP contribution is -2.48. The highest BCUT2D eigenvalue weighted by Gasteiger charge is 2.20. The first-order valence-electron chi connectivity index (χ1n) is 4.98. The van der Waals surface area contributed by atoms with Gasteiger partial charge in [0.1, 0.15) is 0 Å². The number of hydrogen-bond donors (Lipinski definition) is 2. The van der Waals surface area contributed by atoms with Crippen molar-refractivity contribution in [2.75, 3.05) is 6.54 Å². The molecule has 0 aliphatic heterocycles. The molecule has 0 unspecified atom stereocenters. The number of nitrogens with two attached hydrogens (primary N) is 1. The van der Waals surface area contributed by atoms with Gasteiger partial charge in [0.15, 0.2) is 5.78 Å². The minimum Gasteiger partial charge on any atom is -0.345 e. The molecule has 0 saturated carbocycles. The lowest BCUT2D eigenvalue weighted by molar-refractivity contribution is 0.0920. The van der Waals surface area contributed by atoms with Crippen molar-refractivity contribution in [2.24, 2.45) is 5.73 Å². The van der Waals surface area contributed by atoms with Crippen LogP contribution < -0.4 is 11.1 Å². The van der Waals surface area contributed by atoms with Gasteiger partial charge in [0, 0.05) is 23.0 Å². The van der Waals surface area contributed by atoms with Crippen LogP contribution in [0.1, 0.15) is 40.8 Å². The van der Waals surface area contributed by atoms with Gasteiger partial charge in [-0.1, -0.05) is 0 Å². The number of amides is 1. The Morgan fingerprint density at radius 2 is 2.12 bits per heavy atom. The van der Waals surface area contributed by atoms with E-state index >= 15 is 0 Å². The summed E-state index contributed by atoms with van der Waals surface area (Å²) in [6.45, 7) is 5.55. The Morgan fingerprint density at radius 3 is 2.56 bits per heavy atom. The SMILES string of the molecule is CC(=O)c1csc(C(=O)NC(C)(C)CN)c1. The van der Waals surface area contributed by atoms with Crippen LogP contribution in [0.3, 0.4) is 0 Å². The van der Waals surface area contributed by atoms with Crippen molar-refractivity contribution >= 4 is 23.0 Å². The third-order valence-corrected chi connectivity index (χ3v) is 3.12. The summed E-state index contributed by atoms with van der Waals surface area (Å²) in [5.41, 5.74) is 5.66. The highest BCUT2D eigenvalue weighted by atomic mass is 32.1. The molecule has 0 aliphatic rings. The molecule has 1 amide bonds. The molecule has 88 valence electrons. The number of nitrogens with one attached hydrogen (secondary N) is 1. The van der Waals surface area contributed by atoms with E-state index in [-0.39, 0.29) is 11.7 Å². The Balaban J connectivity index is 2.77. The minimum absolute atomic E-state index is 0.0339. The zero-order chi connectivity index (χ0) is 12.3. The van der Waals surface area contributed by atoms with E-state index in [1.165, 1.54) is 18.3 Å². The Morgan fingerprint density at radius 1 is 1.50 bits per heavy atom. The number of rotatable bonds is 4. The van der Waals surface area contributed by atoms with Gasteiger partial charge in [-0.05, 0) is 26.8 Å². The smallest absolute Gasteiger partial charge is 0.261 e. The fourth-order valence-electron chi connectivity index (χ4n) is 1.06. The van der Waals surface area contributed by atoms with Crippen molar-refractivity contribution in [3.8, 4) is 0 Å². The lowest BCUT2D eigenvalue weighted by Gasteiger charge is -2.23. The number of Topliss-reactive ketones (excluding diaryl/α,β-unsaturated/α-hetero) is 1. The average Bonchev–Trinajstić information content (AvgIpc) is 2.66. The second-order valence-electron chi connectivity index (χ2n) is 4.30. The second-order valence-corrected chi connectivity index (χ2v) is 5.21. The van der Waals surface area contributed by atoms with E-state index in [1.54, 1.807) is 11.4 Å². The van der Waals surface area contributed by atoms with Crippen LogP contribution in [-0.2, 0) is 0 Å². The Kier molecular flexibility index (Phi) is 3.83. The summed E-state index contributed by atoms with van der Waals surface area (Å²) >= 11 is 1.26. The van der Waals surface area contributed by atoms with Crippen LogP contribution in [0.25, 0.3) is 0 Å². The lowest BCUT2D eigenvalue weighted by atomic mass is 10.1. The molecular weight excluding hydrogens is 224 g/mol. The summed E-state index contributed by atoms with van der Waals surface area (Å²) in [5.74, 6) is -0.221. The standard InChI is InChI=1S/C11H16N2O2S/c1-7(14)8-4-9(16-5-8)10(15)13-11(2,3)6-12/h4-5H,6,12H2,1-3H3,(H,13,15). The van der Waals surface area contributed by atoms with Gasteiger partial charge in [0.05, 0.1) is 4.88 Å². The van der Waals surface area contributed by atoms with E-state index < -0.39 is 5.54 Å². The molecule has 0 spiro atoms. The van der Waals surface area contributed by atoms with Crippen LogP contribution in [0.5, 0.6) is 0 Å². The summed E-state index contributed by atoms with van der Waals surface area (Å²) in [6, 6.07) is 1.61. The molecule has 1 aromatic heterocycles.